The quantitative estimate of drug-likeness (QED) is 0.524. The van der Waals surface area contributed by atoms with E-state index in [1.54, 1.807) is 58.0 Å². The second-order valence-electron chi connectivity index (χ2n) is 6.81. The SMILES string of the molecule is CCOC(=O)[C@H](Oc1ccc2oc(C)c(C(=O)OC(C)C)c2c1)c1ccccc1. The van der Waals surface area contributed by atoms with E-state index < -0.39 is 18.0 Å². The van der Waals surface area contributed by atoms with Crippen molar-refractivity contribution in [1.29, 1.82) is 0 Å². The van der Waals surface area contributed by atoms with Crippen LogP contribution in [0.15, 0.2) is 52.9 Å². The first-order valence-corrected chi connectivity index (χ1v) is 9.53. The lowest BCUT2D eigenvalue weighted by molar-refractivity contribution is -0.151. The molecule has 0 saturated heterocycles. The van der Waals surface area contributed by atoms with Crippen LogP contribution in [0.1, 0.15) is 48.6 Å². The number of rotatable bonds is 7. The minimum absolute atomic E-state index is 0.247. The fourth-order valence-electron chi connectivity index (χ4n) is 3.03. The van der Waals surface area contributed by atoms with E-state index in [1.807, 2.05) is 18.2 Å². The summed E-state index contributed by atoms with van der Waals surface area (Å²) in [5.41, 5.74) is 1.57. The van der Waals surface area contributed by atoms with Crippen molar-refractivity contribution >= 4 is 22.9 Å². The zero-order chi connectivity index (χ0) is 21.0. The normalized spacial score (nSPS) is 12.0. The Balaban J connectivity index is 1.98. The molecular weight excluding hydrogens is 372 g/mol. The van der Waals surface area contributed by atoms with Gasteiger partial charge in [-0.1, -0.05) is 30.3 Å². The number of benzene rings is 2. The molecule has 0 aliphatic rings. The van der Waals surface area contributed by atoms with Crippen LogP contribution in [0.5, 0.6) is 5.75 Å². The molecule has 29 heavy (non-hydrogen) atoms. The molecule has 6 heteroatoms. The van der Waals surface area contributed by atoms with Crippen LogP contribution in [-0.2, 0) is 14.3 Å². The first-order chi connectivity index (χ1) is 13.9. The third-order valence-electron chi connectivity index (χ3n) is 4.24. The molecule has 0 amide bonds. The van der Waals surface area contributed by atoms with Crippen molar-refractivity contribution in [3.63, 3.8) is 0 Å². The molecule has 0 bridgehead atoms. The smallest absolute Gasteiger partial charge is 0.352 e. The van der Waals surface area contributed by atoms with E-state index in [2.05, 4.69) is 0 Å². The van der Waals surface area contributed by atoms with Crippen LogP contribution < -0.4 is 4.74 Å². The molecule has 1 atom stereocenters. The number of ether oxygens (including phenoxy) is 3. The Morgan fingerprint density at radius 1 is 1.07 bits per heavy atom. The van der Waals surface area contributed by atoms with Gasteiger partial charge in [0.2, 0.25) is 6.10 Å². The molecule has 0 N–H and O–H groups in total. The van der Waals surface area contributed by atoms with Crippen LogP contribution in [0.4, 0.5) is 0 Å². The molecule has 6 nitrogen and oxygen atoms in total. The Morgan fingerprint density at radius 2 is 1.79 bits per heavy atom. The highest BCUT2D eigenvalue weighted by Crippen LogP contribution is 2.32. The highest BCUT2D eigenvalue weighted by Gasteiger charge is 2.26. The van der Waals surface area contributed by atoms with E-state index in [4.69, 9.17) is 18.6 Å². The van der Waals surface area contributed by atoms with Gasteiger partial charge in [-0.15, -0.1) is 0 Å². The maximum Gasteiger partial charge on any atom is 0.352 e. The van der Waals surface area contributed by atoms with Gasteiger partial charge in [-0.05, 0) is 45.9 Å². The number of hydrogen-bond donors (Lipinski definition) is 0. The topological polar surface area (TPSA) is 75.0 Å². The summed E-state index contributed by atoms with van der Waals surface area (Å²) in [6.45, 7) is 7.27. The van der Waals surface area contributed by atoms with Gasteiger partial charge < -0.3 is 18.6 Å². The Labute approximate surface area is 169 Å². The molecule has 0 fully saturated rings. The summed E-state index contributed by atoms with van der Waals surface area (Å²) in [6.07, 6.45) is -1.18. The van der Waals surface area contributed by atoms with Crippen LogP contribution in [-0.4, -0.2) is 24.6 Å². The van der Waals surface area contributed by atoms with Gasteiger partial charge in [0.1, 0.15) is 22.7 Å². The number of esters is 2. The fourth-order valence-corrected chi connectivity index (χ4v) is 3.03. The molecule has 2 aromatic carbocycles. The van der Waals surface area contributed by atoms with Gasteiger partial charge in [0.25, 0.3) is 0 Å². The van der Waals surface area contributed by atoms with Gasteiger partial charge in [0.05, 0.1) is 12.7 Å². The summed E-state index contributed by atoms with van der Waals surface area (Å²) in [6, 6.07) is 14.2. The fraction of sp³-hybridized carbons (Fsp3) is 0.304. The van der Waals surface area contributed by atoms with E-state index in [0.29, 0.717) is 33.6 Å². The lowest BCUT2D eigenvalue weighted by Gasteiger charge is -2.18. The highest BCUT2D eigenvalue weighted by atomic mass is 16.6. The molecule has 0 aliphatic carbocycles. The zero-order valence-corrected chi connectivity index (χ0v) is 16.9. The van der Waals surface area contributed by atoms with Gasteiger partial charge in [-0.3, -0.25) is 0 Å². The molecule has 0 aliphatic heterocycles. The van der Waals surface area contributed by atoms with Crippen molar-refractivity contribution in [3.05, 3.63) is 65.4 Å². The van der Waals surface area contributed by atoms with Crippen molar-refractivity contribution < 1.29 is 28.2 Å². The molecule has 3 aromatic rings. The van der Waals surface area contributed by atoms with E-state index in [1.165, 1.54) is 0 Å². The second-order valence-corrected chi connectivity index (χ2v) is 6.81. The average Bonchev–Trinajstić information content (AvgIpc) is 3.01. The van der Waals surface area contributed by atoms with E-state index >= 15 is 0 Å². The Kier molecular flexibility index (Phi) is 6.22. The van der Waals surface area contributed by atoms with Crippen LogP contribution >= 0.6 is 0 Å². The molecule has 1 heterocycles. The maximum absolute atomic E-state index is 12.5. The number of furan rings is 1. The maximum atomic E-state index is 12.5. The highest BCUT2D eigenvalue weighted by molar-refractivity contribution is 6.05. The summed E-state index contributed by atoms with van der Waals surface area (Å²) in [7, 11) is 0. The number of carbonyl (C=O) groups excluding carboxylic acids is 2. The van der Waals surface area contributed by atoms with E-state index in [9.17, 15) is 9.59 Å². The summed E-state index contributed by atoms with van der Waals surface area (Å²) < 4.78 is 22.2. The van der Waals surface area contributed by atoms with Gasteiger partial charge in [-0.2, -0.15) is 0 Å². The van der Waals surface area contributed by atoms with Crippen molar-refractivity contribution in [1.82, 2.24) is 0 Å². The lowest BCUT2D eigenvalue weighted by atomic mass is 10.1. The predicted octanol–water partition coefficient (Wildman–Crippen LogP) is 4.99. The van der Waals surface area contributed by atoms with E-state index in [-0.39, 0.29) is 12.7 Å². The third kappa shape index (κ3) is 4.59. The Bertz CT molecular complexity index is 1000. The standard InChI is InChI=1S/C23H24O6/c1-5-26-23(25)21(16-9-7-6-8-10-16)29-17-11-12-19-18(13-17)20(15(4)28-19)22(24)27-14(2)3/h6-14,21H,5H2,1-4H3/t21-/m1/s1. The van der Waals surface area contributed by atoms with Crippen LogP contribution in [0.3, 0.4) is 0 Å². The van der Waals surface area contributed by atoms with Crippen LogP contribution in [0.2, 0.25) is 0 Å². The minimum Gasteiger partial charge on any atom is -0.474 e. The number of fused-ring (bicyclic) bond motifs is 1. The number of carbonyl (C=O) groups is 2. The van der Waals surface area contributed by atoms with Crippen molar-refractivity contribution in [2.75, 3.05) is 6.61 Å². The summed E-state index contributed by atoms with van der Waals surface area (Å²) >= 11 is 0. The van der Waals surface area contributed by atoms with Gasteiger partial charge in [0.15, 0.2) is 0 Å². The van der Waals surface area contributed by atoms with Gasteiger partial charge in [-0.25, -0.2) is 9.59 Å². The number of aryl methyl sites for hydroxylation is 1. The minimum atomic E-state index is -0.923. The average molecular weight is 396 g/mol. The predicted molar refractivity (Wildman–Crippen MR) is 108 cm³/mol. The number of hydrogen-bond acceptors (Lipinski definition) is 6. The second kappa shape index (κ2) is 8.82. The van der Waals surface area contributed by atoms with Crippen LogP contribution in [0, 0.1) is 6.92 Å². The van der Waals surface area contributed by atoms with Crippen molar-refractivity contribution in [2.24, 2.45) is 0 Å². The summed E-state index contributed by atoms with van der Waals surface area (Å²) in [5.74, 6) is -0.0633. The Morgan fingerprint density at radius 3 is 2.45 bits per heavy atom. The van der Waals surface area contributed by atoms with Gasteiger partial charge >= 0.3 is 11.9 Å². The van der Waals surface area contributed by atoms with Crippen LogP contribution in [0.25, 0.3) is 11.0 Å². The molecule has 1 aromatic heterocycles. The molecule has 0 unspecified atom stereocenters. The first-order valence-electron chi connectivity index (χ1n) is 9.53. The molecule has 3 rings (SSSR count). The van der Waals surface area contributed by atoms with Gasteiger partial charge in [0, 0.05) is 10.9 Å². The molecule has 0 spiro atoms. The molecule has 0 saturated carbocycles. The first kappa shape index (κ1) is 20.5. The lowest BCUT2D eigenvalue weighted by Crippen LogP contribution is -2.21. The molecule has 152 valence electrons. The van der Waals surface area contributed by atoms with Crippen molar-refractivity contribution in [3.8, 4) is 5.75 Å². The molecule has 0 radical (unpaired) electrons. The Hall–Kier alpha value is -3.28. The molecular formula is C23H24O6. The van der Waals surface area contributed by atoms with E-state index in [0.717, 1.165) is 0 Å². The summed E-state index contributed by atoms with van der Waals surface area (Å²) in [4.78, 5) is 25.0. The largest absolute Gasteiger partial charge is 0.474 e. The summed E-state index contributed by atoms with van der Waals surface area (Å²) in [5, 5.41) is 0.571. The third-order valence-corrected chi connectivity index (χ3v) is 4.24. The van der Waals surface area contributed by atoms with Crippen molar-refractivity contribution in [2.45, 2.75) is 39.9 Å². The monoisotopic (exact) mass is 396 g/mol. The zero-order valence-electron chi connectivity index (χ0n) is 16.9.